The maximum absolute atomic E-state index is 12.3. The molecule has 0 saturated carbocycles. The number of carbonyl (C=O) groups excluding carboxylic acids is 1. The summed E-state index contributed by atoms with van der Waals surface area (Å²) in [6, 6.07) is 7.15. The molecular formula is C18H25NO2. The zero-order chi connectivity index (χ0) is 15.1. The maximum Gasteiger partial charge on any atom is 0.179 e. The molecular weight excluding hydrogens is 262 g/mol. The largest absolute Gasteiger partial charge is 0.497 e. The summed E-state index contributed by atoms with van der Waals surface area (Å²) in [5.41, 5.74) is 2.27. The molecule has 0 fully saturated rings. The standard InChI is InChI=1S/C18H25NO2/c1-14(19-13-12-15-6-4-3-5-7-15)18(20)16-8-10-17(21-2)11-9-16/h6,8-11,14,19H,3-5,7,12-13H2,1-2H3. The van der Waals surface area contributed by atoms with E-state index in [0.29, 0.717) is 0 Å². The van der Waals surface area contributed by atoms with E-state index >= 15 is 0 Å². The SMILES string of the molecule is COc1ccc(C(=O)C(C)NCCC2=CCCCC2)cc1. The molecule has 1 atom stereocenters. The number of rotatable bonds is 7. The van der Waals surface area contributed by atoms with Crippen LogP contribution in [0, 0.1) is 0 Å². The summed E-state index contributed by atoms with van der Waals surface area (Å²) >= 11 is 0. The summed E-state index contributed by atoms with van der Waals surface area (Å²) in [6.07, 6.45) is 8.50. The molecule has 1 aromatic rings. The number of hydrogen-bond donors (Lipinski definition) is 1. The first kappa shape index (κ1) is 15.8. The zero-order valence-electron chi connectivity index (χ0n) is 13.0. The van der Waals surface area contributed by atoms with Crippen LogP contribution in [-0.4, -0.2) is 25.5 Å². The van der Waals surface area contributed by atoms with Gasteiger partial charge in [0.25, 0.3) is 0 Å². The van der Waals surface area contributed by atoms with Gasteiger partial charge in [-0.25, -0.2) is 0 Å². The molecule has 0 bridgehead atoms. The Bertz CT molecular complexity index is 490. The fraction of sp³-hybridized carbons (Fsp3) is 0.500. The molecule has 0 spiro atoms. The minimum atomic E-state index is -0.150. The van der Waals surface area contributed by atoms with Gasteiger partial charge < -0.3 is 10.1 Å². The van der Waals surface area contributed by atoms with E-state index in [9.17, 15) is 4.79 Å². The Morgan fingerprint density at radius 3 is 2.67 bits per heavy atom. The van der Waals surface area contributed by atoms with Crippen molar-refractivity contribution in [2.75, 3.05) is 13.7 Å². The van der Waals surface area contributed by atoms with Crippen LogP contribution in [0.5, 0.6) is 5.75 Å². The molecule has 114 valence electrons. The molecule has 0 aliphatic heterocycles. The molecule has 1 unspecified atom stereocenters. The predicted molar refractivity (Wildman–Crippen MR) is 86.0 cm³/mol. The van der Waals surface area contributed by atoms with Crippen LogP contribution >= 0.6 is 0 Å². The van der Waals surface area contributed by atoms with Crippen molar-refractivity contribution in [1.29, 1.82) is 0 Å². The lowest BCUT2D eigenvalue weighted by molar-refractivity contribution is 0.0951. The molecule has 2 rings (SSSR count). The first-order valence-electron chi connectivity index (χ1n) is 7.80. The van der Waals surface area contributed by atoms with Crippen LogP contribution < -0.4 is 10.1 Å². The Hall–Kier alpha value is -1.61. The van der Waals surface area contributed by atoms with Crippen molar-refractivity contribution in [2.24, 2.45) is 0 Å². The molecule has 0 aromatic heterocycles. The van der Waals surface area contributed by atoms with Gasteiger partial charge in [0.1, 0.15) is 5.75 Å². The quantitative estimate of drug-likeness (QED) is 0.613. The van der Waals surface area contributed by atoms with Gasteiger partial charge in [-0.05, 0) is 69.8 Å². The summed E-state index contributed by atoms with van der Waals surface area (Å²) in [5, 5.41) is 3.34. The number of ether oxygens (including phenoxy) is 1. The van der Waals surface area contributed by atoms with Gasteiger partial charge in [-0.3, -0.25) is 4.79 Å². The molecule has 0 radical (unpaired) electrons. The van der Waals surface area contributed by atoms with E-state index in [1.165, 1.54) is 31.3 Å². The summed E-state index contributed by atoms with van der Waals surface area (Å²) in [6.45, 7) is 2.80. The number of carbonyl (C=O) groups is 1. The second-order valence-electron chi connectivity index (χ2n) is 5.63. The number of ketones is 1. The highest BCUT2D eigenvalue weighted by Gasteiger charge is 2.14. The monoisotopic (exact) mass is 287 g/mol. The first-order chi connectivity index (χ1) is 10.2. The number of hydrogen-bond acceptors (Lipinski definition) is 3. The summed E-state index contributed by atoms with van der Waals surface area (Å²) in [4.78, 5) is 12.3. The molecule has 3 nitrogen and oxygen atoms in total. The number of benzene rings is 1. The lowest BCUT2D eigenvalue weighted by Gasteiger charge is -2.16. The van der Waals surface area contributed by atoms with Crippen LogP contribution in [0.15, 0.2) is 35.9 Å². The second-order valence-corrected chi connectivity index (χ2v) is 5.63. The second kappa shape index (κ2) is 7.99. The minimum absolute atomic E-state index is 0.135. The fourth-order valence-corrected chi connectivity index (χ4v) is 2.68. The molecule has 0 amide bonds. The van der Waals surface area contributed by atoms with Crippen LogP contribution in [0.4, 0.5) is 0 Å². The Kier molecular flexibility index (Phi) is 6.00. The van der Waals surface area contributed by atoms with E-state index in [1.54, 1.807) is 7.11 Å². The van der Waals surface area contributed by atoms with Crippen LogP contribution in [0.1, 0.15) is 49.4 Å². The lowest BCUT2D eigenvalue weighted by atomic mass is 9.97. The van der Waals surface area contributed by atoms with Gasteiger partial charge in [0.2, 0.25) is 0 Å². The average Bonchev–Trinajstić information content (AvgIpc) is 2.55. The molecule has 3 heteroatoms. The number of nitrogens with one attached hydrogen (secondary N) is 1. The van der Waals surface area contributed by atoms with E-state index in [0.717, 1.165) is 24.3 Å². The third kappa shape index (κ3) is 4.71. The Morgan fingerprint density at radius 2 is 2.05 bits per heavy atom. The molecule has 1 aromatic carbocycles. The van der Waals surface area contributed by atoms with Crippen molar-refractivity contribution >= 4 is 5.78 Å². The number of allylic oxidation sites excluding steroid dienone is 1. The average molecular weight is 287 g/mol. The van der Waals surface area contributed by atoms with E-state index in [-0.39, 0.29) is 11.8 Å². The van der Waals surface area contributed by atoms with Gasteiger partial charge >= 0.3 is 0 Å². The van der Waals surface area contributed by atoms with E-state index < -0.39 is 0 Å². The number of Topliss-reactive ketones (excluding diaryl/α,β-unsaturated/α-hetero) is 1. The smallest absolute Gasteiger partial charge is 0.179 e. The highest BCUT2D eigenvalue weighted by atomic mass is 16.5. The molecule has 1 N–H and O–H groups in total. The van der Waals surface area contributed by atoms with Crippen LogP contribution in [0.25, 0.3) is 0 Å². The van der Waals surface area contributed by atoms with Crippen molar-refractivity contribution in [3.8, 4) is 5.75 Å². The van der Waals surface area contributed by atoms with Crippen molar-refractivity contribution < 1.29 is 9.53 Å². The van der Waals surface area contributed by atoms with Crippen molar-refractivity contribution in [2.45, 2.75) is 45.1 Å². The van der Waals surface area contributed by atoms with Gasteiger partial charge in [0.15, 0.2) is 5.78 Å². The molecule has 0 heterocycles. The van der Waals surface area contributed by atoms with Gasteiger partial charge in [-0.1, -0.05) is 11.6 Å². The van der Waals surface area contributed by atoms with Crippen LogP contribution in [0.3, 0.4) is 0 Å². The maximum atomic E-state index is 12.3. The highest BCUT2D eigenvalue weighted by molar-refractivity contribution is 5.99. The molecule has 1 aliphatic rings. The fourth-order valence-electron chi connectivity index (χ4n) is 2.68. The van der Waals surface area contributed by atoms with Crippen LogP contribution in [-0.2, 0) is 0 Å². The Labute approximate surface area is 127 Å². The van der Waals surface area contributed by atoms with Crippen LogP contribution in [0.2, 0.25) is 0 Å². The minimum Gasteiger partial charge on any atom is -0.497 e. The van der Waals surface area contributed by atoms with Crippen molar-refractivity contribution in [3.05, 3.63) is 41.5 Å². The molecule has 21 heavy (non-hydrogen) atoms. The number of methoxy groups -OCH3 is 1. The normalized spacial score (nSPS) is 16.2. The van der Waals surface area contributed by atoms with Gasteiger partial charge in [0.05, 0.1) is 13.2 Å². The summed E-state index contributed by atoms with van der Waals surface area (Å²) in [5.74, 6) is 0.909. The first-order valence-corrected chi connectivity index (χ1v) is 7.80. The Balaban J connectivity index is 1.80. The topological polar surface area (TPSA) is 38.3 Å². The zero-order valence-corrected chi connectivity index (χ0v) is 13.0. The lowest BCUT2D eigenvalue weighted by Crippen LogP contribution is -2.34. The van der Waals surface area contributed by atoms with E-state index in [4.69, 9.17) is 4.74 Å². The third-order valence-electron chi connectivity index (χ3n) is 4.05. The Morgan fingerprint density at radius 1 is 1.29 bits per heavy atom. The predicted octanol–water partition coefficient (Wildman–Crippen LogP) is 3.75. The highest BCUT2D eigenvalue weighted by Crippen LogP contribution is 2.19. The van der Waals surface area contributed by atoms with Crippen molar-refractivity contribution in [1.82, 2.24) is 5.32 Å². The third-order valence-corrected chi connectivity index (χ3v) is 4.05. The summed E-state index contributed by atoms with van der Waals surface area (Å²) in [7, 11) is 1.63. The summed E-state index contributed by atoms with van der Waals surface area (Å²) < 4.78 is 5.11. The molecule has 0 saturated heterocycles. The van der Waals surface area contributed by atoms with Gasteiger partial charge in [0, 0.05) is 5.56 Å². The van der Waals surface area contributed by atoms with E-state index in [2.05, 4.69) is 11.4 Å². The van der Waals surface area contributed by atoms with Crippen molar-refractivity contribution in [3.63, 3.8) is 0 Å². The van der Waals surface area contributed by atoms with Gasteiger partial charge in [-0.2, -0.15) is 0 Å². The van der Waals surface area contributed by atoms with E-state index in [1.807, 2.05) is 31.2 Å². The van der Waals surface area contributed by atoms with Gasteiger partial charge in [-0.15, -0.1) is 0 Å². The molecule has 1 aliphatic carbocycles.